The molecule has 0 saturated carbocycles. The fourth-order valence-corrected chi connectivity index (χ4v) is 3.74. The van der Waals surface area contributed by atoms with E-state index in [9.17, 15) is 4.79 Å². The second-order valence-corrected chi connectivity index (χ2v) is 7.53. The van der Waals surface area contributed by atoms with Crippen molar-refractivity contribution >= 4 is 38.8 Å². The monoisotopic (exact) mass is 440 g/mol. The van der Waals surface area contributed by atoms with E-state index in [-0.39, 0.29) is 5.91 Å². The zero-order valence-electron chi connectivity index (χ0n) is 15.8. The van der Waals surface area contributed by atoms with Crippen LogP contribution in [0, 0.1) is 6.92 Å². The first-order valence-corrected chi connectivity index (χ1v) is 10.0. The van der Waals surface area contributed by atoms with Gasteiger partial charge in [-0.05, 0) is 34.8 Å². The van der Waals surface area contributed by atoms with Crippen molar-refractivity contribution in [3.05, 3.63) is 70.2 Å². The highest BCUT2D eigenvalue weighted by atomic mass is 79.9. The summed E-state index contributed by atoms with van der Waals surface area (Å²) in [6.45, 7) is 5.33. The molecule has 4 aromatic rings. The molecule has 28 heavy (non-hydrogen) atoms. The Hall–Kier alpha value is -2.80. The largest absolute Gasteiger partial charge is 0.448 e. The Morgan fingerprint density at radius 1 is 1.21 bits per heavy atom. The number of amides is 1. The molecule has 0 unspecified atom stereocenters. The summed E-state index contributed by atoms with van der Waals surface area (Å²) in [5, 5.41) is 7.46. The predicted octanol–water partition coefficient (Wildman–Crippen LogP) is 5.21. The quantitative estimate of drug-likeness (QED) is 0.447. The summed E-state index contributed by atoms with van der Waals surface area (Å²) < 4.78 is 10.1. The molecule has 0 atom stereocenters. The number of nitrogens with zero attached hydrogens (tertiary/aromatic N) is 3. The lowest BCUT2D eigenvalue weighted by atomic mass is 10.2. The van der Waals surface area contributed by atoms with Crippen LogP contribution in [0.25, 0.3) is 11.1 Å². The van der Waals surface area contributed by atoms with E-state index in [2.05, 4.69) is 33.3 Å². The first-order valence-electron chi connectivity index (χ1n) is 9.23. The van der Waals surface area contributed by atoms with E-state index in [0.717, 1.165) is 29.7 Å². The molecule has 0 aliphatic rings. The van der Waals surface area contributed by atoms with Crippen LogP contribution in [0.5, 0.6) is 0 Å². The van der Waals surface area contributed by atoms with Crippen molar-refractivity contribution in [1.29, 1.82) is 0 Å². The normalized spacial score (nSPS) is 11.2. The van der Waals surface area contributed by atoms with Gasteiger partial charge in [0.05, 0.1) is 11.2 Å². The molecule has 6 nitrogen and oxygen atoms in total. The third kappa shape index (κ3) is 3.62. The van der Waals surface area contributed by atoms with E-state index >= 15 is 0 Å². The van der Waals surface area contributed by atoms with Crippen LogP contribution in [0.4, 0.5) is 5.82 Å². The zero-order valence-corrected chi connectivity index (χ0v) is 17.4. The maximum Gasteiger partial charge on any atom is 0.273 e. The summed E-state index contributed by atoms with van der Waals surface area (Å²) in [6, 6.07) is 15.6. The topological polar surface area (TPSA) is 65.0 Å². The number of carbonyl (C=O) groups excluding carboxylic acids is 1. The van der Waals surface area contributed by atoms with Gasteiger partial charge in [0, 0.05) is 31.3 Å². The summed E-state index contributed by atoms with van der Waals surface area (Å²) in [5.41, 5.74) is 4.08. The molecule has 7 heteroatoms. The van der Waals surface area contributed by atoms with Crippen molar-refractivity contribution in [3.63, 3.8) is 0 Å². The van der Waals surface area contributed by atoms with E-state index < -0.39 is 0 Å². The molecule has 0 saturated heterocycles. The Kier molecular flexibility index (Phi) is 5.09. The SMILES string of the molecule is CCCn1nc(C)cc1NC(=O)c1cc2oc(Br)cc2n1Cc1ccccc1. The Balaban J connectivity index is 1.70. The Bertz CT molecular complexity index is 1120. The number of benzene rings is 1. The highest BCUT2D eigenvalue weighted by molar-refractivity contribution is 9.10. The molecule has 0 spiro atoms. The smallest absolute Gasteiger partial charge is 0.273 e. The predicted molar refractivity (Wildman–Crippen MR) is 113 cm³/mol. The number of aromatic nitrogens is 3. The molecule has 0 aliphatic carbocycles. The van der Waals surface area contributed by atoms with Gasteiger partial charge >= 0.3 is 0 Å². The maximum atomic E-state index is 13.1. The zero-order chi connectivity index (χ0) is 19.7. The number of fused-ring (bicyclic) bond motifs is 1. The van der Waals surface area contributed by atoms with Gasteiger partial charge < -0.3 is 14.3 Å². The lowest BCUT2D eigenvalue weighted by Crippen LogP contribution is -2.19. The van der Waals surface area contributed by atoms with E-state index in [1.54, 1.807) is 6.07 Å². The lowest BCUT2D eigenvalue weighted by molar-refractivity contribution is 0.101. The molecule has 1 amide bonds. The van der Waals surface area contributed by atoms with Gasteiger partial charge in [-0.25, -0.2) is 4.68 Å². The Morgan fingerprint density at radius 3 is 2.75 bits per heavy atom. The summed E-state index contributed by atoms with van der Waals surface area (Å²) in [6.07, 6.45) is 0.940. The van der Waals surface area contributed by atoms with Crippen LogP contribution >= 0.6 is 15.9 Å². The molecule has 3 heterocycles. The number of nitrogens with one attached hydrogen (secondary N) is 1. The van der Waals surface area contributed by atoms with Gasteiger partial charge in [-0.2, -0.15) is 5.10 Å². The molecule has 0 fully saturated rings. The van der Waals surface area contributed by atoms with Crippen LogP contribution < -0.4 is 5.32 Å². The molecule has 0 aliphatic heterocycles. The third-order valence-electron chi connectivity index (χ3n) is 4.55. The van der Waals surface area contributed by atoms with Crippen molar-refractivity contribution in [3.8, 4) is 0 Å². The van der Waals surface area contributed by atoms with Gasteiger partial charge in [-0.15, -0.1) is 0 Å². The van der Waals surface area contributed by atoms with E-state index in [4.69, 9.17) is 4.42 Å². The highest BCUT2D eigenvalue weighted by Gasteiger charge is 2.20. The molecule has 3 aromatic heterocycles. The van der Waals surface area contributed by atoms with Crippen molar-refractivity contribution < 1.29 is 9.21 Å². The number of aryl methyl sites for hydroxylation is 2. The molecule has 1 aromatic carbocycles. The van der Waals surface area contributed by atoms with Crippen LogP contribution in [0.15, 0.2) is 57.6 Å². The highest BCUT2D eigenvalue weighted by Crippen LogP contribution is 2.28. The van der Waals surface area contributed by atoms with Crippen LogP contribution in [-0.2, 0) is 13.1 Å². The first-order chi connectivity index (χ1) is 13.5. The third-order valence-corrected chi connectivity index (χ3v) is 4.95. The summed E-state index contributed by atoms with van der Waals surface area (Å²) in [5.74, 6) is 0.519. The second kappa shape index (κ2) is 7.67. The van der Waals surface area contributed by atoms with Gasteiger partial charge in [0.2, 0.25) is 0 Å². The fourth-order valence-electron chi connectivity index (χ4n) is 3.34. The maximum absolute atomic E-state index is 13.1. The van der Waals surface area contributed by atoms with Crippen molar-refractivity contribution in [1.82, 2.24) is 14.3 Å². The number of halogens is 1. The molecule has 1 N–H and O–H groups in total. The Morgan fingerprint density at radius 2 is 2.00 bits per heavy atom. The lowest BCUT2D eigenvalue weighted by Gasteiger charge is -2.11. The molecular formula is C21H21BrN4O2. The number of carbonyl (C=O) groups is 1. The number of hydrogen-bond donors (Lipinski definition) is 1. The van der Waals surface area contributed by atoms with Crippen molar-refractivity contribution in [2.75, 3.05) is 5.32 Å². The standard InChI is InChI=1S/C21H21BrN4O2/c1-3-9-26-20(10-14(2)24-26)23-21(27)17-11-18-16(12-19(22)28-18)25(17)13-15-7-5-4-6-8-15/h4-8,10-12H,3,9,13H2,1-2H3,(H,23,27). The molecule has 0 bridgehead atoms. The minimum absolute atomic E-state index is 0.185. The number of anilines is 1. The van der Waals surface area contributed by atoms with E-state index in [0.29, 0.717) is 28.3 Å². The average molecular weight is 441 g/mol. The number of hydrogen-bond acceptors (Lipinski definition) is 3. The van der Waals surface area contributed by atoms with Crippen molar-refractivity contribution in [2.45, 2.75) is 33.4 Å². The van der Waals surface area contributed by atoms with Crippen LogP contribution in [0.2, 0.25) is 0 Å². The van der Waals surface area contributed by atoms with E-state index in [1.807, 2.05) is 58.6 Å². The molecule has 4 rings (SSSR count). The summed E-state index contributed by atoms with van der Waals surface area (Å²) in [4.78, 5) is 13.1. The Labute approximate surface area is 171 Å². The minimum atomic E-state index is -0.185. The second-order valence-electron chi connectivity index (χ2n) is 6.75. The van der Waals surface area contributed by atoms with Gasteiger partial charge in [0.25, 0.3) is 5.91 Å². The van der Waals surface area contributed by atoms with E-state index in [1.165, 1.54) is 0 Å². The van der Waals surface area contributed by atoms with Crippen LogP contribution in [0.3, 0.4) is 0 Å². The van der Waals surface area contributed by atoms with Crippen molar-refractivity contribution in [2.24, 2.45) is 0 Å². The molecular weight excluding hydrogens is 420 g/mol. The number of furan rings is 1. The van der Waals surface area contributed by atoms with Crippen LogP contribution in [0.1, 0.15) is 35.1 Å². The minimum Gasteiger partial charge on any atom is -0.448 e. The average Bonchev–Trinajstić information content (AvgIpc) is 3.30. The van der Waals surface area contributed by atoms with Gasteiger partial charge in [0.15, 0.2) is 10.3 Å². The first kappa shape index (κ1) is 18.6. The molecule has 144 valence electrons. The summed E-state index contributed by atoms with van der Waals surface area (Å²) >= 11 is 3.38. The van der Waals surface area contributed by atoms with Gasteiger partial charge in [0.1, 0.15) is 11.5 Å². The van der Waals surface area contributed by atoms with Gasteiger partial charge in [-0.3, -0.25) is 4.79 Å². The number of rotatable bonds is 6. The summed E-state index contributed by atoms with van der Waals surface area (Å²) in [7, 11) is 0. The molecule has 0 radical (unpaired) electrons. The van der Waals surface area contributed by atoms with Crippen LogP contribution in [-0.4, -0.2) is 20.3 Å². The fraction of sp³-hybridized carbons (Fsp3) is 0.238. The van der Waals surface area contributed by atoms with Gasteiger partial charge in [-0.1, -0.05) is 37.3 Å².